The van der Waals surface area contributed by atoms with Gasteiger partial charge in [0, 0.05) is 12.1 Å². The number of carboxylic acids is 2. The molecule has 1 aliphatic rings. The number of carbonyl (C=O) groups is 2. The lowest BCUT2D eigenvalue weighted by atomic mass is 9.72. The summed E-state index contributed by atoms with van der Waals surface area (Å²) in [6.45, 7) is 0. The lowest BCUT2D eigenvalue weighted by Crippen LogP contribution is -2.35. The monoisotopic (exact) mass is 293 g/mol. The van der Waals surface area contributed by atoms with Crippen molar-refractivity contribution in [3.05, 3.63) is 39.9 Å². The van der Waals surface area contributed by atoms with Gasteiger partial charge in [0.2, 0.25) is 0 Å². The Morgan fingerprint density at radius 2 is 1.62 bits per heavy atom. The third-order valence-electron chi connectivity index (χ3n) is 4.06. The predicted molar refractivity (Wildman–Crippen MR) is 71.9 cm³/mol. The molecule has 112 valence electrons. The summed E-state index contributed by atoms with van der Waals surface area (Å²) >= 11 is 0. The molecule has 0 aromatic heterocycles. The maximum Gasteiger partial charge on any atom is 0.307 e. The van der Waals surface area contributed by atoms with Gasteiger partial charge in [-0.15, -0.1) is 0 Å². The number of non-ortho nitro benzene ring substituents is 1. The number of benzene rings is 1. The molecule has 1 aliphatic carbocycles. The minimum atomic E-state index is -1.10. The first-order valence-electron chi connectivity index (χ1n) is 6.60. The SMILES string of the molecule is O=C(O)[C@H]1CC[C@H](c2ccc([N+](=O)[O-])cc2)C[C@H]1C(=O)O. The van der Waals surface area contributed by atoms with E-state index in [9.17, 15) is 24.8 Å². The van der Waals surface area contributed by atoms with Crippen LogP contribution in [0.15, 0.2) is 24.3 Å². The van der Waals surface area contributed by atoms with Crippen LogP contribution in [0.4, 0.5) is 5.69 Å². The zero-order chi connectivity index (χ0) is 15.6. The molecular weight excluding hydrogens is 278 g/mol. The zero-order valence-corrected chi connectivity index (χ0v) is 11.1. The Morgan fingerprint density at radius 1 is 1.05 bits per heavy atom. The molecule has 0 radical (unpaired) electrons. The van der Waals surface area contributed by atoms with Crippen LogP contribution < -0.4 is 0 Å². The Morgan fingerprint density at radius 3 is 2.10 bits per heavy atom. The van der Waals surface area contributed by atoms with Gasteiger partial charge < -0.3 is 10.2 Å². The van der Waals surface area contributed by atoms with E-state index in [0.29, 0.717) is 12.8 Å². The molecule has 2 rings (SSSR count). The molecule has 0 unspecified atom stereocenters. The summed E-state index contributed by atoms with van der Waals surface area (Å²) in [7, 11) is 0. The van der Waals surface area contributed by atoms with Crippen LogP contribution in [0, 0.1) is 22.0 Å². The summed E-state index contributed by atoms with van der Waals surface area (Å²) in [4.78, 5) is 32.4. The number of nitro groups is 1. The van der Waals surface area contributed by atoms with Crippen LogP contribution in [-0.4, -0.2) is 27.1 Å². The maximum absolute atomic E-state index is 11.2. The van der Waals surface area contributed by atoms with Crippen molar-refractivity contribution in [2.24, 2.45) is 11.8 Å². The van der Waals surface area contributed by atoms with Gasteiger partial charge in [0.05, 0.1) is 16.8 Å². The molecule has 1 fully saturated rings. The highest BCUT2D eigenvalue weighted by Crippen LogP contribution is 2.40. The van der Waals surface area contributed by atoms with Gasteiger partial charge in [0.15, 0.2) is 0 Å². The molecular formula is C14H15NO6. The van der Waals surface area contributed by atoms with Gasteiger partial charge in [-0.3, -0.25) is 19.7 Å². The fourth-order valence-electron chi connectivity index (χ4n) is 2.91. The van der Waals surface area contributed by atoms with E-state index in [2.05, 4.69) is 0 Å². The van der Waals surface area contributed by atoms with Crippen LogP contribution in [0.1, 0.15) is 30.7 Å². The summed E-state index contributed by atoms with van der Waals surface area (Å²) in [6, 6.07) is 5.99. The Bertz CT molecular complexity index is 567. The molecule has 0 amide bonds. The smallest absolute Gasteiger partial charge is 0.307 e. The van der Waals surface area contributed by atoms with Gasteiger partial charge in [-0.25, -0.2) is 0 Å². The van der Waals surface area contributed by atoms with Gasteiger partial charge >= 0.3 is 11.9 Å². The molecule has 1 aromatic rings. The fraction of sp³-hybridized carbons (Fsp3) is 0.429. The number of hydrogen-bond acceptors (Lipinski definition) is 4. The standard InChI is InChI=1S/C14H15NO6/c16-13(17)11-6-3-9(7-12(11)14(18)19)8-1-4-10(5-2-8)15(20)21/h1-2,4-5,9,11-12H,3,6-7H2,(H,16,17)(H,18,19)/t9-,11-,12+/m0/s1. The summed E-state index contributed by atoms with van der Waals surface area (Å²) in [5, 5.41) is 28.9. The van der Waals surface area contributed by atoms with Crippen molar-refractivity contribution in [2.75, 3.05) is 0 Å². The number of nitrogens with zero attached hydrogens (tertiary/aromatic N) is 1. The van der Waals surface area contributed by atoms with Crippen molar-refractivity contribution in [3.8, 4) is 0 Å². The first-order chi connectivity index (χ1) is 9.90. The second-order valence-corrected chi connectivity index (χ2v) is 5.25. The van der Waals surface area contributed by atoms with E-state index in [1.54, 1.807) is 12.1 Å². The Hall–Kier alpha value is -2.44. The Labute approximate surface area is 120 Å². The van der Waals surface area contributed by atoms with Gasteiger partial charge in [0.25, 0.3) is 5.69 Å². The molecule has 1 saturated carbocycles. The maximum atomic E-state index is 11.2. The first-order valence-corrected chi connectivity index (χ1v) is 6.60. The van der Waals surface area contributed by atoms with Gasteiger partial charge in [-0.1, -0.05) is 12.1 Å². The molecule has 0 aliphatic heterocycles. The minimum absolute atomic E-state index is 0.0206. The lowest BCUT2D eigenvalue weighted by molar-refractivity contribution is -0.384. The normalized spacial score (nSPS) is 25.2. The molecule has 7 nitrogen and oxygen atoms in total. The average Bonchev–Trinajstić information content (AvgIpc) is 2.46. The molecule has 2 N–H and O–H groups in total. The third kappa shape index (κ3) is 3.18. The Balaban J connectivity index is 2.17. The van der Waals surface area contributed by atoms with Crippen LogP contribution in [0.3, 0.4) is 0 Å². The van der Waals surface area contributed by atoms with E-state index in [1.165, 1.54) is 12.1 Å². The number of aliphatic carboxylic acids is 2. The zero-order valence-electron chi connectivity index (χ0n) is 11.1. The molecule has 7 heteroatoms. The van der Waals surface area contributed by atoms with Crippen molar-refractivity contribution in [2.45, 2.75) is 25.2 Å². The topological polar surface area (TPSA) is 118 Å². The average molecular weight is 293 g/mol. The van der Waals surface area contributed by atoms with Crippen molar-refractivity contribution in [3.63, 3.8) is 0 Å². The highest BCUT2D eigenvalue weighted by Gasteiger charge is 2.39. The number of hydrogen-bond donors (Lipinski definition) is 2. The van der Waals surface area contributed by atoms with E-state index in [4.69, 9.17) is 5.11 Å². The second-order valence-electron chi connectivity index (χ2n) is 5.25. The van der Waals surface area contributed by atoms with Crippen molar-refractivity contribution in [1.82, 2.24) is 0 Å². The van der Waals surface area contributed by atoms with Crippen LogP contribution in [0.2, 0.25) is 0 Å². The van der Waals surface area contributed by atoms with E-state index in [1.807, 2.05) is 0 Å². The van der Waals surface area contributed by atoms with E-state index in [0.717, 1.165) is 5.56 Å². The third-order valence-corrected chi connectivity index (χ3v) is 4.06. The number of carboxylic acid groups (broad SMARTS) is 2. The summed E-state index contributed by atoms with van der Waals surface area (Å²) in [6.07, 6.45) is 1.11. The van der Waals surface area contributed by atoms with Gasteiger partial charge in [0.1, 0.15) is 0 Å². The van der Waals surface area contributed by atoms with Crippen molar-refractivity contribution >= 4 is 17.6 Å². The van der Waals surface area contributed by atoms with Crippen LogP contribution in [-0.2, 0) is 9.59 Å². The largest absolute Gasteiger partial charge is 0.481 e. The van der Waals surface area contributed by atoms with Gasteiger partial charge in [-0.2, -0.15) is 0 Å². The minimum Gasteiger partial charge on any atom is -0.481 e. The molecule has 0 bridgehead atoms. The van der Waals surface area contributed by atoms with Crippen LogP contribution >= 0.6 is 0 Å². The van der Waals surface area contributed by atoms with E-state index in [-0.39, 0.29) is 18.0 Å². The van der Waals surface area contributed by atoms with E-state index < -0.39 is 28.7 Å². The highest BCUT2D eigenvalue weighted by molar-refractivity contribution is 5.80. The first kappa shape index (κ1) is 15.0. The highest BCUT2D eigenvalue weighted by atomic mass is 16.6. The molecule has 21 heavy (non-hydrogen) atoms. The molecule has 3 atom stereocenters. The molecule has 0 saturated heterocycles. The predicted octanol–water partition coefficient (Wildman–Crippen LogP) is 2.26. The fourth-order valence-corrected chi connectivity index (χ4v) is 2.91. The Kier molecular flexibility index (Phi) is 4.21. The summed E-state index contributed by atoms with van der Waals surface area (Å²) in [5.74, 6) is -4.05. The molecule has 1 aromatic carbocycles. The quantitative estimate of drug-likeness (QED) is 0.649. The van der Waals surface area contributed by atoms with E-state index >= 15 is 0 Å². The molecule has 0 spiro atoms. The van der Waals surface area contributed by atoms with Crippen LogP contribution in [0.5, 0.6) is 0 Å². The number of nitro benzene ring substituents is 1. The second kappa shape index (κ2) is 5.90. The van der Waals surface area contributed by atoms with Crippen molar-refractivity contribution in [1.29, 1.82) is 0 Å². The van der Waals surface area contributed by atoms with Gasteiger partial charge in [-0.05, 0) is 30.7 Å². The summed E-state index contributed by atoms with van der Waals surface area (Å²) < 4.78 is 0. The number of rotatable bonds is 4. The van der Waals surface area contributed by atoms with Crippen molar-refractivity contribution < 1.29 is 24.7 Å². The lowest BCUT2D eigenvalue weighted by Gasteiger charge is -2.31. The summed E-state index contributed by atoms with van der Waals surface area (Å²) in [5.41, 5.74) is 0.795. The molecule has 0 heterocycles. The van der Waals surface area contributed by atoms with Crippen LogP contribution in [0.25, 0.3) is 0 Å².